The summed E-state index contributed by atoms with van der Waals surface area (Å²) in [6.45, 7) is 0. The van der Waals surface area contributed by atoms with Gasteiger partial charge in [-0.3, -0.25) is 4.79 Å². The Bertz CT molecular complexity index is 733. The van der Waals surface area contributed by atoms with Crippen molar-refractivity contribution in [1.82, 2.24) is 0 Å². The fraction of sp³-hybridized carbons (Fsp3) is 0.176. The van der Waals surface area contributed by atoms with Crippen LogP contribution < -0.4 is 14.8 Å². The minimum absolute atomic E-state index is 0.329. The van der Waals surface area contributed by atoms with Gasteiger partial charge in [-0.05, 0) is 52.3 Å². The Morgan fingerprint density at radius 3 is 1.92 bits per heavy atom. The molecule has 0 saturated carbocycles. The second kappa shape index (κ2) is 7.83. The molecule has 0 atom stereocenters. The zero-order valence-electron chi connectivity index (χ0n) is 13.4. The van der Waals surface area contributed by atoms with Gasteiger partial charge in [-0.2, -0.15) is 0 Å². The van der Waals surface area contributed by atoms with Gasteiger partial charge in [0, 0.05) is 11.3 Å². The van der Waals surface area contributed by atoms with Gasteiger partial charge in [0.25, 0.3) is 5.91 Å². The number of amides is 1. The Kier molecular flexibility index (Phi) is 5.81. The van der Waals surface area contributed by atoms with E-state index in [0.29, 0.717) is 32.8 Å². The molecule has 0 radical (unpaired) electrons. The third-order valence-electron chi connectivity index (χ3n) is 3.27. The van der Waals surface area contributed by atoms with E-state index in [1.165, 1.54) is 21.3 Å². The first-order valence-corrected chi connectivity index (χ1v) is 7.70. The van der Waals surface area contributed by atoms with Gasteiger partial charge in [-0.15, -0.1) is 0 Å². The minimum atomic E-state index is -0.435. The second-order valence-electron chi connectivity index (χ2n) is 4.72. The fourth-order valence-electron chi connectivity index (χ4n) is 2.01. The van der Waals surface area contributed by atoms with Gasteiger partial charge in [0.05, 0.1) is 26.9 Å². The summed E-state index contributed by atoms with van der Waals surface area (Å²) in [5.41, 5.74) is 1.33. The molecule has 0 fully saturated rings. The molecule has 1 amide bonds. The average Bonchev–Trinajstić information content (AvgIpc) is 2.61. The van der Waals surface area contributed by atoms with Gasteiger partial charge in [-0.25, -0.2) is 4.79 Å². The van der Waals surface area contributed by atoms with Crippen LogP contribution in [0.4, 0.5) is 5.69 Å². The molecular formula is C17H16BrNO5. The number of ether oxygens (including phenoxy) is 3. The quantitative estimate of drug-likeness (QED) is 0.786. The molecule has 0 bridgehead atoms. The number of carbonyl (C=O) groups is 2. The predicted molar refractivity (Wildman–Crippen MR) is 93.0 cm³/mol. The number of nitrogens with one attached hydrogen (secondary N) is 1. The molecule has 0 aliphatic carbocycles. The molecule has 0 spiro atoms. The van der Waals surface area contributed by atoms with E-state index in [1.807, 2.05) is 0 Å². The first-order chi connectivity index (χ1) is 11.5. The van der Waals surface area contributed by atoms with E-state index >= 15 is 0 Å². The van der Waals surface area contributed by atoms with Gasteiger partial charge >= 0.3 is 5.97 Å². The molecule has 24 heavy (non-hydrogen) atoms. The van der Waals surface area contributed by atoms with Crippen LogP contribution in [0.25, 0.3) is 0 Å². The van der Waals surface area contributed by atoms with Crippen molar-refractivity contribution in [1.29, 1.82) is 0 Å². The van der Waals surface area contributed by atoms with Crippen molar-refractivity contribution in [2.75, 3.05) is 26.6 Å². The first-order valence-electron chi connectivity index (χ1n) is 6.91. The molecule has 126 valence electrons. The summed E-state index contributed by atoms with van der Waals surface area (Å²) in [5.74, 6) is 0.209. The number of rotatable bonds is 5. The number of anilines is 1. The molecule has 1 N–H and O–H groups in total. The van der Waals surface area contributed by atoms with Crippen LogP contribution in [0.15, 0.2) is 40.9 Å². The predicted octanol–water partition coefficient (Wildman–Crippen LogP) is 3.51. The molecule has 0 unspecified atom stereocenters. The normalized spacial score (nSPS) is 10.0. The lowest BCUT2D eigenvalue weighted by Gasteiger charge is -2.12. The Morgan fingerprint density at radius 1 is 0.917 bits per heavy atom. The van der Waals surface area contributed by atoms with E-state index in [1.54, 1.807) is 36.4 Å². The number of hydrogen-bond acceptors (Lipinski definition) is 5. The maximum atomic E-state index is 12.4. The van der Waals surface area contributed by atoms with Crippen LogP contribution in [-0.2, 0) is 4.74 Å². The number of halogens is 1. The maximum absolute atomic E-state index is 12.4. The van der Waals surface area contributed by atoms with Crippen molar-refractivity contribution in [3.63, 3.8) is 0 Å². The lowest BCUT2D eigenvalue weighted by atomic mass is 10.1. The lowest BCUT2D eigenvalue weighted by molar-refractivity contribution is 0.0600. The van der Waals surface area contributed by atoms with Crippen molar-refractivity contribution < 1.29 is 23.8 Å². The number of methoxy groups -OCH3 is 3. The third kappa shape index (κ3) is 3.86. The number of benzene rings is 2. The summed E-state index contributed by atoms with van der Waals surface area (Å²) in [6.07, 6.45) is 0. The maximum Gasteiger partial charge on any atom is 0.337 e. The molecule has 0 aliphatic heterocycles. The van der Waals surface area contributed by atoms with E-state index in [2.05, 4.69) is 26.0 Å². The van der Waals surface area contributed by atoms with Gasteiger partial charge < -0.3 is 19.5 Å². The third-order valence-corrected chi connectivity index (χ3v) is 4.05. The summed E-state index contributed by atoms with van der Waals surface area (Å²) in [4.78, 5) is 23.8. The Hall–Kier alpha value is -2.54. The van der Waals surface area contributed by atoms with E-state index in [-0.39, 0.29) is 5.91 Å². The van der Waals surface area contributed by atoms with Gasteiger partial charge in [0.15, 0.2) is 0 Å². The standard InChI is InChI=1S/C17H16BrNO5/c1-22-13-8-11(9-14(23-2)15(13)18)16(20)19-12-6-4-10(5-7-12)17(21)24-3/h4-9H,1-3H3,(H,19,20). The van der Waals surface area contributed by atoms with Crippen molar-refractivity contribution in [2.24, 2.45) is 0 Å². The molecule has 6 nitrogen and oxygen atoms in total. The van der Waals surface area contributed by atoms with Crippen LogP contribution in [-0.4, -0.2) is 33.2 Å². The second-order valence-corrected chi connectivity index (χ2v) is 5.51. The highest BCUT2D eigenvalue weighted by Gasteiger charge is 2.15. The fourth-order valence-corrected chi connectivity index (χ4v) is 2.56. The molecule has 0 aromatic heterocycles. The number of esters is 1. The summed E-state index contributed by atoms with van der Waals surface area (Å²) in [5, 5.41) is 2.75. The summed E-state index contributed by atoms with van der Waals surface area (Å²) < 4.78 is 15.7. The van der Waals surface area contributed by atoms with E-state index < -0.39 is 5.97 Å². The molecule has 2 aromatic carbocycles. The molecule has 0 aliphatic rings. The van der Waals surface area contributed by atoms with Gasteiger partial charge in [-0.1, -0.05) is 0 Å². The zero-order valence-corrected chi connectivity index (χ0v) is 15.0. The van der Waals surface area contributed by atoms with Crippen LogP contribution in [0, 0.1) is 0 Å². The molecule has 2 rings (SSSR count). The topological polar surface area (TPSA) is 73.9 Å². The molecule has 7 heteroatoms. The van der Waals surface area contributed by atoms with Crippen LogP contribution in [0.2, 0.25) is 0 Å². The molecule has 0 saturated heterocycles. The smallest absolute Gasteiger partial charge is 0.337 e. The van der Waals surface area contributed by atoms with E-state index in [0.717, 1.165) is 0 Å². The Labute approximate surface area is 147 Å². The van der Waals surface area contributed by atoms with E-state index in [4.69, 9.17) is 9.47 Å². The monoisotopic (exact) mass is 393 g/mol. The van der Waals surface area contributed by atoms with Crippen LogP contribution in [0.3, 0.4) is 0 Å². The highest BCUT2D eigenvalue weighted by Crippen LogP contribution is 2.35. The summed E-state index contributed by atoms with van der Waals surface area (Å²) in [7, 11) is 4.33. The van der Waals surface area contributed by atoms with E-state index in [9.17, 15) is 9.59 Å². The minimum Gasteiger partial charge on any atom is -0.495 e. The highest BCUT2D eigenvalue weighted by atomic mass is 79.9. The number of hydrogen-bond donors (Lipinski definition) is 1. The molecule has 2 aromatic rings. The van der Waals surface area contributed by atoms with Crippen molar-refractivity contribution in [3.8, 4) is 11.5 Å². The SMILES string of the molecule is COC(=O)c1ccc(NC(=O)c2cc(OC)c(Br)c(OC)c2)cc1. The highest BCUT2D eigenvalue weighted by molar-refractivity contribution is 9.10. The zero-order chi connectivity index (χ0) is 17.7. The Morgan fingerprint density at radius 2 is 1.46 bits per heavy atom. The van der Waals surface area contributed by atoms with Gasteiger partial charge in [0.1, 0.15) is 16.0 Å². The van der Waals surface area contributed by atoms with Crippen molar-refractivity contribution in [2.45, 2.75) is 0 Å². The summed E-state index contributed by atoms with van der Waals surface area (Å²) >= 11 is 3.35. The van der Waals surface area contributed by atoms with Crippen molar-refractivity contribution >= 4 is 33.5 Å². The van der Waals surface area contributed by atoms with Crippen LogP contribution in [0.1, 0.15) is 20.7 Å². The largest absolute Gasteiger partial charge is 0.495 e. The van der Waals surface area contributed by atoms with Gasteiger partial charge in [0.2, 0.25) is 0 Å². The first kappa shape index (κ1) is 17.8. The molecular weight excluding hydrogens is 378 g/mol. The average molecular weight is 394 g/mol. The summed E-state index contributed by atoms with van der Waals surface area (Å²) in [6, 6.07) is 9.60. The lowest BCUT2D eigenvalue weighted by Crippen LogP contribution is -2.12. The van der Waals surface area contributed by atoms with Crippen LogP contribution in [0.5, 0.6) is 11.5 Å². The van der Waals surface area contributed by atoms with Crippen molar-refractivity contribution in [3.05, 3.63) is 52.0 Å². The number of carbonyl (C=O) groups excluding carboxylic acids is 2. The molecule has 0 heterocycles. The van der Waals surface area contributed by atoms with Crippen LogP contribution >= 0.6 is 15.9 Å². The Balaban J connectivity index is 2.22.